The lowest BCUT2D eigenvalue weighted by atomic mass is 9.79. The Balaban J connectivity index is 0.00000225. The van der Waals surface area contributed by atoms with Crippen LogP contribution in [0.3, 0.4) is 0 Å². The van der Waals surface area contributed by atoms with E-state index in [0.717, 1.165) is 48.7 Å². The molecule has 28 heavy (non-hydrogen) atoms. The highest BCUT2D eigenvalue weighted by Crippen LogP contribution is 2.33. The van der Waals surface area contributed by atoms with Crippen molar-refractivity contribution in [3.63, 3.8) is 0 Å². The lowest BCUT2D eigenvalue weighted by Crippen LogP contribution is -2.43. The number of pyridine rings is 1. The number of hydrogen-bond acceptors (Lipinski definition) is 7. The van der Waals surface area contributed by atoms with E-state index in [0.29, 0.717) is 18.3 Å². The van der Waals surface area contributed by atoms with Gasteiger partial charge in [-0.3, -0.25) is 0 Å². The molecule has 0 atom stereocenters. The van der Waals surface area contributed by atoms with Crippen LogP contribution in [-0.2, 0) is 10.2 Å². The molecule has 1 N–H and O–H groups in total. The summed E-state index contributed by atoms with van der Waals surface area (Å²) in [5, 5.41) is 12.0. The van der Waals surface area contributed by atoms with Crippen LogP contribution in [-0.4, -0.2) is 51.7 Å². The second-order valence-corrected chi connectivity index (χ2v) is 7.13. The van der Waals surface area contributed by atoms with Gasteiger partial charge in [-0.1, -0.05) is 5.16 Å². The van der Waals surface area contributed by atoms with E-state index in [9.17, 15) is 0 Å². The highest BCUT2D eigenvalue weighted by atomic mass is 35.5. The number of nitrogens with zero attached hydrogens (tertiary/aromatic N) is 5. The number of hydrogen-bond donors (Lipinski definition) is 1. The number of nitrogens with one attached hydrogen (secondary N) is 1. The Morgan fingerprint density at radius 3 is 2.64 bits per heavy atom. The molecule has 3 aromatic rings. The molecule has 150 valence electrons. The summed E-state index contributed by atoms with van der Waals surface area (Å²) in [6.45, 7) is 6.38. The normalized spacial score (nSPS) is 16.0. The lowest BCUT2D eigenvalue weighted by Gasteiger charge is -2.33. The molecule has 1 fully saturated rings. The first-order valence-corrected chi connectivity index (χ1v) is 9.15. The van der Waals surface area contributed by atoms with Crippen LogP contribution in [0.1, 0.15) is 30.1 Å². The van der Waals surface area contributed by atoms with Crippen molar-refractivity contribution >= 4 is 12.4 Å². The Morgan fingerprint density at radius 1 is 1.25 bits per heavy atom. The van der Waals surface area contributed by atoms with Crippen LogP contribution >= 0.6 is 12.4 Å². The highest BCUT2D eigenvalue weighted by Gasteiger charge is 2.39. The molecule has 0 bridgehead atoms. The summed E-state index contributed by atoms with van der Waals surface area (Å²) in [4.78, 5) is 9.19. The smallest absolute Gasteiger partial charge is 0.235 e. The minimum absolute atomic E-state index is 0. The fraction of sp³-hybridized carbons (Fsp3) is 0.474. The summed E-state index contributed by atoms with van der Waals surface area (Å²) in [6.07, 6.45) is 3.58. The van der Waals surface area contributed by atoms with E-state index < -0.39 is 0 Å². The molecular formula is C19H25ClN6O2. The minimum Gasteiger partial charge on any atom is -0.384 e. The van der Waals surface area contributed by atoms with Crippen molar-refractivity contribution in [3.05, 3.63) is 41.7 Å². The Morgan fingerprint density at radius 2 is 2.04 bits per heavy atom. The number of aryl methyl sites for hydroxylation is 2. The number of aromatic nitrogens is 5. The Kier molecular flexibility index (Phi) is 6.12. The van der Waals surface area contributed by atoms with Crippen LogP contribution in [0.25, 0.3) is 17.2 Å². The summed E-state index contributed by atoms with van der Waals surface area (Å²) in [7, 11) is 1.71. The third-order valence-electron chi connectivity index (χ3n) is 5.09. The quantitative estimate of drug-likeness (QED) is 0.698. The van der Waals surface area contributed by atoms with Gasteiger partial charge in [-0.2, -0.15) is 10.1 Å². The van der Waals surface area contributed by atoms with Gasteiger partial charge in [0.25, 0.3) is 0 Å². The topological polar surface area (TPSA) is 90.9 Å². The number of methoxy groups -OCH3 is 1. The average molecular weight is 405 g/mol. The van der Waals surface area contributed by atoms with E-state index in [1.54, 1.807) is 13.3 Å². The van der Waals surface area contributed by atoms with Gasteiger partial charge in [-0.05, 0) is 58.0 Å². The molecule has 0 radical (unpaired) electrons. The summed E-state index contributed by atoms with van der Waals surface area (Å²) in [6, 6.07) is 5.88. The fourth-order valence-electron chi connectivity index (χ4n) is 3.66. The van der Waals surface area contributed by atoms with Gasteiger partial charge < -0.3 is 14.6 Å². The van der Waals surface area contributed by atoms with Crippen LogP contribution in [0.15, 0.2) is 28.9 Å². The van der Waals surface area contributed by atoms with Crippen molar-refractivity contribution in [1.29, 1.82) is 0 Å². The fourth-order valence-corrected chi connectivity index (χ4v) is 3.66. The van der Waals surface area contributed by atoms with Crippen LogP contribution < -0.4 is 5.32 Å². The standard InChI is InChI=1S/C19H24N6O2.ClH/c1-13-10-14(2)25(23-13)16-5-4-15(11-21-16)17-22-18(27-24-17)19(12-26-3)6-8-20-9-7-19;/h4-5,10-11,20H,6-9,12H2,1-3H3;1H. The first-order valence-electron chi connectivity index (χ1n) is 9.15. The summed E-state index contributed by atoms with van der Waals surface area (Å²) in [5.74, 6) is 1.96. The largest absolute Gasteiger partial charge is 0.384 e. The maximum Gasteiger partial charge on any atom is 0.235 e. The summed E-state index contributed by atoms with van der Waals surface area (Å²) < 4.78 is 12.9. The third kappa shape index (κ3) is 3.80. The second kappa shape index (κ2) is 8.38. The van der Waals surface area contributed by atoms with Crippen molar-refractivity contribution in [2.75, 3.05) is 26.8 Å². The van der Waals surface area contributed by atoms with Crippen molar-refractivity contribution in [1.82, 2.24) is 30.2 Å². The number of halogens is 1. The van der Waals surface area contributed by atoms with Crippen molar-refractivity contribution in [2.45, 2.75) is 32.1 Å². The number of piperidine rings is 1. The predicted octanol–water partition coefficient (Wildman–Crippen LogP) is 2.62. The zero-order valence-electron chi connectivity index (χ0n) is 16.3. The molecule has 4 rings (SSSR count). The van der Waals surface area contributed by atoms with Gasteiger partial charge in [0.05, 0.1) is 17.7 Å². The van der Waals surface area contributed by atoms with Gasteiger partial charge in [-0.25, -0.2) is 9.67 Å². The lowest BCUT2D eigenvalue weighted by molar-refractivity contribution is 0.0850. The van der Waals surface area contributed by atoms with Gasteiger partial charge in [0.15, 0.2) is 5.82 Å². The Hall–Kier alpha value is -2.29. The Bertz CT molecular complexity index is 909. The molecular weight excluding hydrogens is 380 g/mol. The van der Waals surface area contributed by atoms with Crippen LogP contribution in [0, 0.1) is 13.8 Å². The molecule has 4 heterocycles. The molecule has 9 heteroatoms. The van der Waals surface area contributed by atoms with Gasteiger partial charge in [-0.15, -0.1) is 12.4 Å². The zero-order valence-corrected chi connectivity index (χ0v) is 17.1. The van der Waals surface area contributed by atoms with Crippen molar-refractivity contribution in [2.24, 2.45) is 0 Å². The third-order valence-corrected chi connectivity index (χ3v) is 5.09. The highest BCUT2D eigenvalue weighted by molar-refractivity contribution is 5.85. The molecule has 0 aliphatic carbocycles. The zero-order chi connectivity index (χ0) is 18.9. The molecule has 0 aromatic carbocycles. The first kappa shape index (κ1) is 20.4. The molecule has 8 nitrogen and oxygen atoms in total. The maximum absolute atomic E-state index is 5.64. The number of ether oxygens (including phenoxy) is 1. The molecule has 3 aromatic heterocycles. The van der Waals surface area contributed by atoms with Crippen LogP contribution in [0.5, 0.6) is 0 Å². The van der Waals surface area contributed by atoms with Crippen LogP contribution in [0.2, 0.25) is 0 Å². The van der Waals surface area contributed by atoms with E-state index in [4.69, 9.17) is 9.26 Å². The molecule has 0 unspecified atom stereocenters. The molecule has 1 aliphatic heterocycles. The van der Waals surface area contributed by atoms with Crippen molar-refractivity contribution < 1.29 is 9.26 Å². The Labute approximate surface area is 170 Å². The van der Waals surface area contributed by atoms with Gasteiger partial charge >= 0.3 is 0 Å². The summed E-state index contributed by atoms with van der Waals surface area (Å²) >= 11 is 0. The SMILES string of the molecule is COCC1(c2nc(-c3ccc(-n4nc(C)cc4C)nc3)no2)CCNCC1.Cl. The predicted molar refractivity (Wildman–Crippen MR) is 107 cm³/mol. The van der Waals surface area contributed by atoms with E-state index >= 15 is 0 Å². The molecule has 0 amide bonds. The molecule has 1 aliphatic rings. The summed E-state index contributed by atoms with van der Waals surface area (Å²) in [5.41, 5.74) is 2.60. The molecule has 0 spiro atoms. The molecule has 0 saturated carbocycles. The molecule has 1 saturated heterocycles. The van der Waals surface area contributed by atoms with Gasteiger partial charge in [0.1, 0.15) is 0 Å². The minimum atomic E-state index is -0.220. The van der Waals surface area contributed by atoms with Gasteiger partial charge in [0, 0.05) is 24.6 Å². The van der Waals surface area contributed by atoms with Crippen molar-refractivity contribution in [3.8, 4) is 17.2 Å². The monoisotopic (exact) mass is 404 g/mol. The van der Waals surface area contributed by atoms with Gasteiger partial charge in [0.2, 0.25) is 11.7 Å². The van der Waals surface area contributed by atoms with Crippen LogP contribution in [0.4, 0.5) is 0 Å². The van der Waals surface area contributed by atoms with E-state index in [1.807, 2.05) is 36.7 Å². The maximum atomic E-state index is 5.64. The second-order valence-electron chi connectivity index (χ2n) is 7.13. The number of rotatable bonds is 5. The first-order chi connectivity index (χ1) is 13.1. The van der Waals surface area contributed by atoms with E-state index in [2.05, 4.69) is 25.5 Å². The van der Waals surface area contributed by atoms with E-state index in [-0.39, 0.29) is 17.8 Å². The average Bonchev–Trinajstić information content (AvgIpc) is 3.30. The van der Waals surface area contributed by atoms with E-state index in [1.165, 1.54) is 0 Å².